The summed E-state index contributed by atoms with van der Waals surface area (Å²) in [4.78, 5) is 41.8. The topological polar surface area (TPSA) is 107 Å². The number of ketones is 1. The smallest absolute Gasteiger partial charge is 0.337 e. The average molecular weight is 545 g/mol. The van der Waals surface area contributed by atoms with Crippen molar-refractivity contribution in [2.45, 2.75) is 26.3 Å². The van der Waals surface area contributed by atoms with E-state index in [1.807, 2.05) is 0 Å². The molecule has 1 amide bonds. The van der Waals surface area contributed by atoms with Gasteiger partial charge in [0.2, 0.25) is 0 Å². The van der Waals surface area contributed by atoms with Gasteiger partial charge in [0, 0.05) is 11.0 Å². The molecule has 2 aromatic carbocycles. The number of phenolic OH excluding ortho intramolecular Hbond substituents is 1. The number of nitrogens with zero attached hydrogens (tertiary/aromatic N) is 2. The summed E-state index contributed by atoms with van der Waals surface area (Å²) in [7, 11) is 1.28. The van der Waals surface area contributed by atoms with Crippen molar-refractivity contribution in [2.24, 2.45) is 0 Å². The van der Waals surface area contributed by atoms with Crippen molar-refractivity contribution >= 4 is 39.3 Å². The fraction of sp³-hybridized carbons (Fsp3) is 0.346. The second-order valence-corrected chi connectivity index (χ2v) is 9.06. The molecule has 1 unspecified atom stereocenters. The first-order chi connectivity index (χ1) is 16.7. The standard InChI is InChI=1S/C26H29BrN2O6/c1-4-28(5-2)13-6-14-29-22(16-7-9-17(10-8-16)26(34)35-3)21(24(32)25(29)33)23(31)19-15-18(27)11-12-20(19)30/h7-12,15,22,30-31H,4-6,13-14H2,1-3H3/b23-21+. The van der Waals surface area contributed by atoms with Crippen LogP contribution in [0.25, 0.3) is 5.76 Å². The van der Waals surface area contributed by atoms with Crippen molar-refractivity contribution < 1.29 is 29.3 Å². The Hall–Kier alpha value is -3.17. The van der Waals surface area contributed by atoms with E-state index in [1.54, 1.807) is 30.3 Å². The summed E-state index contributed by atoms with van der Waals surface area (Å²) in [6.07, 6.45) is 0.633. The molecule has 1 heterocycles. The van der Waals surface area contributed by atoms with E-state index >= 15 is 0 Å². The van der Waals surface area contributed by atoms with Gasteiger partial charge in [0.25, 0.3) is 11.7 Å². The number of hydrogen-bond donors (Lipinski definition) is 2. The minimum absolute atomic E-state index is 0.0386. The Kier molecular flexibility index (Phi) is 8.69. The van der Waals surface area contributed by atoms with Crippen molar-refractivity contribution in [2.75, 3.05) is 33.3 Å². The average Bonchev–Trinajstić information content (AvgIpc) is 3.12. The number of carbonyl (C=O) groups is 3. The van der Waals surface area contributed by atoms with Crippen LogP contribution in [0.3, 0.4) is 0 Å². The van der Waals surface area contributed by atoms with Crippen LogP contribution >= 0.6 is 15.9 Å². The van der Waals surface area contributed by atoms with E-state index in [0.29, 0.717) is 28.6 Å². The molecule has 1 aliphatic heterocycles. The molecular formula is C26H29BrN2O6. The molecule has 8 nitrogen and oxygen atoms in total. The fourth-order valence-electron chi connectivity index (χ4n) is 4.22. The van der Waals surface area contributed by atoms with Gasteiger partial charge in [-0.05, 0) is 62.0 Å². The summed E-state index contributed by atoms with van der Waals surface area (Å²) in [5.74, 6) is -2.74. The largest absolute Gasteiger partial charge is 0.507 e. The molecule has 0 aliphatic carbocycles. The molecule has 2 aromatic rings. The third-order valence-electron chi connectivity index (χ3n) is 6.17. The van der Waals surface area contributed by atoms with Gasteiger partial charge in [-0.2, -0.15) is 0 Å². The number of amides is 1. The number of ether oxygens (including phenoxy) is 1. The Morgan fingerprint density at radius 1 is 1.11 bits per heavy atom. The van der Waals surface area contributed by atoms with Crippen LogP contribution in [-0.2, 0) is 14.3 Å². The molecule has 1 saturated heterocycles. The summed E-state index contributed by atoms with van der Waals surface area (Å²) in [5.41, 5.74) is 0.795. The molecule has 2 N–H and O–H groups in total. The van der Waals surface area contributed by atoms with Crippen LogP contribution in [0.15, 0.2) is 52.5 Å². The van der Waals surface area contributed by atoms with Gasteiger partial charge in [-0.15, -0.1) is 0 Å². The van der Waals surface area contributed by atoms with Crippen molar-refractivity contribution in [3.05, 3.63) is 69.2 Å². The molecule has 1 atom stereocenters. The summed E-state index contributed by atoms with van der Waals surface area (Å²) in [6, 6.07) is 9.96. The lowest BCUT2D eigenvalue weighted by Gasteiger charge is -2.27. The van der Waals surface area contributed by atoms with Crippen LogP contribution in [0.2, 0.25) is 0 Å². The van der Waals surface area contributed by atoms with Gasteiger partial charge in [-0.1, -0.05) is 41.9 Å². The van der Waals surface area contributed by atoms with E-state index in [9.17, 15) is 24.6 Å². The third kappa shape index (κ3) is 5.57. The van der Waals surface area contributed by atoms with Gasteiger partial charge in [-0.3, -0.25) is 9.59 Å². The number of likely N-dealkylation sites (tertiary alicyclic amines) is 1. The molecule has 0 spiro atoms. The molecule has 186 valence electrons. The number of carbonyl (C=O) groups excluding carboxylic acids is 3. The van der Waals surface area contributed by atoms with E-state index in [-0.39, 0.29) is 16.9 Å². The Morgan fingerprint density at radius 2 is 1.77 bits per heavy atom. The minimum atomic E-state index is -0.878. The van der Waals surface area contributed by atoms with Crippen LogP contribution < -0.4 is 0 Å². The maximum Gasteiger partial charge on any atom is 0.337 e. The lowest BCUT2D eigenvalue weighted by atomic mass is 9.94. The van der Waals surface area contributed by atoms with Crippen molar-refractivity contribution in [1.29, 1.82) is 0 Å². The molecule has 9 heteroatoms. The van der Waals surface area contributed by atoms with Gasteiger partial charge in [0.15, 0.2) is 0 Å². The number of aliphatic hydroxyl groups excluding tert-OH is 1. The number of Topliss-reactive ketones (excluding diaryl/α,β-unsaturated/α-hetero) is 1. The Labute approximate surface area is 212 Å². The zero-order valence-corrected chi connectivity index (χ0v) is 21.5. The number of aromatic hydroxyl groups is 1. The van der Waals surface area contributed by atoms with Crippen molar-refractivity contribution in [1.82, 2.24) is 9.80 Å². The quantitative estimate of drug-likeness (QED) is 0.212. The second-order valence-electron chi connectivity index (χ2n) is 8.15. The van der Waals surface area contributed by atoms with E-state index in [4.69, 9.17) is 4.74 Å². The first-order valence-corrected chi connectivity index (χ1v) is 12.2. The molecule has 0 bridgehead atoms. The first-order valence-electron chi connectivity index (χ1n) is 11.4. The van der Waals surface area contributed by atoms with Gasteiger partial charge >= 0.3 is 5.97 Å². The zero-order valence-electron chi connectivity index (χ0n) is 20.0. The lowest BCUT2D eigenvalue weighted by Crippen LogP contribution is -2.33. The number of aliphatic hydroxyl groups is 1. The van der Waals surface area contributed by atoms with Gasteiger partial charge in [-0.25, -0.2) is 4.79 Å². The highest BCUT2D eigenvalue weighted by Crippen LogP contribution is 2.41. The number of esters is 1. The molecular weight excluding hydrogens is 516 g/mol. The second kappa shape index (κ2) is 11.5. The molecule has 3 rings (SSSR count). The van der Waals surface area contributed by atoms with Gasteiger partial charge in [0.1, 0.15) is 11.5 Å². The Bertz CT molecular complexity index is 1140. The van der Waals surface area contributed by atoms with Crippen LogP contribution in [0.4, 0.5) is 0 Å². The lowest BCUT2D eigenvalue weighted by molar-refractivity contribution is -0.140. The first kappa shape index (κ1) is 26.4. The van der Waals surface area contributed by atoms with Crippen molar-refractivity contribution in [3.63, 3.8) is 0 Å². The third-order valence-corrected chi connectivity index (χ3v) is 6.66. The Morgan fingerprint density at radius 3 is 2.37 bits per heavy atom. The molecule has 0 radical (unpaired) electrons. The fourth-order valence-corrected chi connectivity index (χ4v) is 4.59. The maximum atomic E-state index is 13.2. The molecule has 1 aliphatic rings. The number of phenols is 1. The van der Waals surface area contributed by atoms with Crippen LogP contribution in [0, 0.1) is 0 Å². The normalized spacial score (nSPS) is 17.3. The van der Waals surface area contributed by atoms with Crippen LogP contribution in [0.5, 0.6) is 5.75 Å². The molecule has 1 fully saturated rings. The number of benzene rings is 2. The summed E-state index contributed by atoms with van der Waals surface area (Å²) in [6.45, 7) is 6.90. The molecule has 0 saturated carbocycles. The summed E-state index contributed by atoms with van der Waals surface area (Å²) < 4.78 is 5.34. The van der Waals surface area contributed by atoms with E-state index in [0.717, 1.165) is 19.6 Å². The highest BCUT2D eigenvalue weighted by molar-refractivity contribution is 9.10. The molecule has 35 heavy (non-hydrogen) atoms. The highest BCUT2D eigenvalue weighted by Gasteiger charge is 2.46. The maximum absolute atomic E-state index is 13.2. The number of methoxy groups -OCH3 is 1. The van der Waals surface area contributed by atoms with Gasteiger partial charge in [0.05, 0.1) is 29.9 Å². The van der Waals surface area contributed by atoms with E-state index in [1.165, 1.54) is 24.1 Å². The van der Waals surface area contributed by atoms with Crippen LogP contribution in [-0.4, -0.2) is 71.0 Å². The minimum Gasteiger partial charge on any atom is -0.507 e. The monoisotopic (exact) mass is 544 g/mol. The van der Waals surface area contributed by atoms with Crippen LogP contribution in [0.1, 0.15) is 47.8 Å². The number of rotatable bonds is 9. The number of halogens is 1. The number of hydrogen-bond acceptors (Lipinski definition) is 7. The van der Waals surface area contributed by atoms with Gasteiger partial charge < -0.3 is 24.7 Å². The highest BCUT2D eigenvalue weighted by atomic mass is 79.9. The van der Waals surface area contributed by atoms with E-state index in [2.05, 4.69) is 34.7 Å². The van der Waals surface area contributed by atoms with E-state index < -0.39 is 29.5 Å². The predicted molar refractivity (Wildman–Crippen MR) is 135 cm³/mol. The Balaban J connectivity index is 2.08. The predicted octanol–water partition coefficient (Wildman–Crippen LogP) is 4.09. The van der Waals surface area contributed by atoms with Crippen molar-refractivity contribution in [3.8, 4) is 5.75 Å². The molecule has 0 aromatic heterocycles. The zero-order chi connectivity index (χ0) is 25.7. The SMILES string of the molecule is CCN(CC)CCCN1C(=O)C(=O)/C(=C(/O)c2cc(Br)ccc2O)C1c1ccc(C(=O)OC)cc1. The summed E-state index contributed by atoms with van der Waals surface area (Å²) >= 11 is 3.31. The summed E-state index contributed by atoms with van der Waals surface area (Å²) in [5, 5.41) is 21.5.